The van der Waals surface area contributed by atoms with Crippen LogP contribution >= 0.6 is 11.3 Å². The van der Waals surface area contributed by atoms with Gasteiger partial charge in [-0.05, 0) is 107 Å². The number of fused-ring (bicyclic) bond motifs is 9. The maximum atomic E-state index is 2.47. The molecule has 11 aromatic rings. The van der Waals surface area contributed by atoms with Crippen LogP contribution in [0.1, 0.15) is 17.9 Å². The van der Waals surface area contributed by atoms with Crippen LogP contribution in [0.2, 0.25) is 0 Å². The van der Waals surface area contributed by atoms with Crippen molar-refractivity contribution in [2.75, 3.05) is 0 Å². The summed E-state index contributed by atoms with van der Waals surface area (Å²) in [5.74, 6) is 0.424. The Morgan fingerprint density at radius 3 is 1.70 bits per heavy atom. The highest BCUT2D eigenvalue weighted by Gasteiger charge is 2.19. The van der Waals surface area contributed by atoms with Crippen LogP contribution in [0.4, 0.5) is 0 Å². The third-order valence-corrected chi connectivity index (χ3v) is 13.2. The fourth-order valence-electron chi connectivity index (χ4n) is 9.26. The van der Waals surface area contributed by atoms with Crippen LogP contribution in [0, 0.1) is 0 Å². The number of benzene rings is 8. The van der Waals surface area contributed by atoms with E-state index in [2.05, 4.69) is 209 Å². The molecule has 0 radical (unpaired) electrons. The van der Waals surface area contributed by atoms with Crippen LogP contribution in [0.3, 0.4) is 0 Å². The lowest BCUT2D eigenvalue weighted by Crippen LogP contribution is -1.98. The zero-order valence-corrected chi connectivity index (χ0v) is 32.0. The minimum atomic E-state index is 0.424. The third kappa shape index (κ3) is 5.16. The van der Waals surface area contributed by atoms with E-state index in [-0.39, 0.29) is 0 Å². The summed E-state index contributed by atoms with van der Waals surface area (Å²) in [7, 11) is 0. The van der Waals surface area contributed by atoms with Crippen molar-refractivity contribution in [1.29, 1.82) is 0 Å². The zero-order chi connectivity index (χ0) is 37.5. The first-order valence-electron chi connectivity index (χ1n) is 19.8. The Labute approximate surface area is 334 Å². The van der Waals surface area contributed by atoms with E-state index in [1.807, 2.05) is 11.3 Å². The number of thiophene rings is 1. The summed E-state index contributed by atoms with van der Waals surface area (Å²) in [6, 6.07) is 65.4. The molecule has 0 spiro atoms. The average molecular weight is 745 g/mol. The Kier molecular flexibility index (Phi) is 7.26. The van der Waals surface area contributed by atoms with Crippen LogP contribution in [-0.2, 0) is 0 Å². The first-order chi connectivity index (χ1) is 28.2. The Balaban J connectivity index is 1.02. The highest BCUT2D eigenvalue weighted by Crippen LogP contribution is 2.43. The third-order valence-electron chi connectivity index (χ3n) is 12.1. The van der Waals surface area contributed by atoms with Crippen molar-refractivity contribution in [1.82, 2.24) is 9.13 Å². The van der Waals surface area contributed by atoms with Crippen LogP contribution in [-0.4, -0.2) is 9.13 Å². The summed E-state index contributed by atoms with van der Waals surface area (Å²) >= 11 is 1.89. The summed E-state index contributed by atoms with van der Waals surface area (Å²) in [4.78, 5) is 0. The topological polar surface area (TPSA) is 9.86 Å². The minimum Gasteiger partial charge on any atom is -0.309 e. The highest BCUT2D eigenvalue weighted by atomic mass is 32.1. The highest BCUT2D eigenvalue weighted by molar-refractivity contribution is 7.25. The molecule has 2 nitrogen and oxygen atoms in total. The average Bonchev–Trinajstić information content (AvgIpc) is 3.93. The summed E-state index contributed by atoms with van der Waals surface area (Å²) in [6.07, 6.45) is 9.94. The standard InChI is InChI=1S/C54H36N2S/c1-3-11-35(12-4-1)37-19-25-41(26-20-37)55-49-17-9-7-15-43(49)45-31-39(23-29-50(45)55)40-24-30-51-46(32-40)47-34-54-48(44-16-8-10-18-53(44)57-54)33-52(47)56(51)42-27-21-38(22-28-42)36-13-5-2-6-14-36/h1-13,15-34,36H,14H2. The number of hydrogen-bond acceptors (Lipinski definition) is 1. The van der Waals surface area contributed by atoms with Gasteiger partial charge in [0, 0.05) is 59.0 Å². The molecule has 0 saturated heterocycles. The molecule has 0 saturated carbocycles. The van der Waals surface area contributed by atoms with E-state index in [0.29, 0.717) is 5.92 Å². The number of nitrogens with zero attached hydrogens (tertiary/aromatic N) is 2. The number of para-hydroxylation sites is 1. The smallest absolute Gasteiger partial charge is 0.0548 e. The van der Waals surface area contributed by atoms with Gasteiger partial charge >= 0.3 is 0 Å². The van der Waals surface area contributed by atoms with Crippen molar-refractivity contribution in [3.63, 3.8) is 0 Å². The molecule has 12 rings (SSSR count). The molecule has 1 atom stereocenters. The van der Waals surface area contributed by atoms with Crippen molar-refractivity contribution in [2.24, 2.45) is 0 Å². The monoisotopic (exact) mass is 744 g/mol. The van der Waals surface area contributed by atoms with Crippen LogP contribution in [0.5, 0.6) is 0 Å². The molecule has 0 fully saturated rings. The molecule has 1 aliphatic carbocycles. The maximum absolute atomic E-state index is 2.47. The Bertz CT molecular complexity index is 3410. The SMILES string of the molecule is C1=CCC(c2ccc(-n3c4ccc(-c5ccc6c(c5)c5ccccc5n6-c5ccc(-c6ccccc6)cc5)cc4c4cc5sc6ccccc6c5cc43)cc2)C=C1. The predicted molar refractivity (Wildman–Crippen MR) is 245 cm³/mol. The van der Waals surface area contributed by atoms with Gasteiger partial charge in [-0.1, -0.05) is 127 Å². The molecule has 0 aliphatic heterocycles. The van der Waals surface area contributed by atoms with E-state index in [0.717, 1.165) is 12.1 Å². The van der Waals surface area contributed by atoms with Crippen molar-refractivity contribution < 1.29 is 0 Å². The van der Waals surface area contributed by atoms with Gasteiger partial charge in [0.1, 0.15) is 0 Å². The quantitative estimate of drug-likeness (QED) is 0.166. The lowest BCUT2D eigenvalue weighted by molar-refractivity contribution is 0.853. The molecule has 268 valence electrons. The van der Waals surface area contributed by atoms with Crippen LogP contribution in [0.25, 0.3) is 97.4 Å². The van der Waals surface area contributed by atoms with Gasteiger partial charge in [-0.2, -0.15) is 0 Å². The molecular weight excluding hydrogens is 709 g/mol. The van der Waals surface area contributed by atoms with Gasteiger partial charge in [-0.3, -0.25) is 0 Å². The first-order valence-corrected chi connectivity index (χ1v) is 20.6. The molecule has 0 amide bonds. The molecule has 3 heteroatoms. The van der Waals surface area contributed by atoms with Gasteiger partial charge in [0.15, 0.2) is 0 Å². The molecule has 1 unspecified atom stereocenters. The molecule has 1 aliphatic rings. The van der Waals surface area contributed by atoms with E-state index in [9.17, 15) is 0 Å². The van der Waals surface area contributed by atoms with Crippen molar-refractivity contribution in [3.05, 3.63) is 206 Å². The number of hydrogen-bond donors (Lipinski definition) is 0. The Hall–Kier alpha value is -6.94. The molecular formula is C54H36N2S. The van der Waals surface area contributed by atoms with Crippen molar-refractivity contribution in [3.8, 4) is 33.6 Å². The zero-order valence-electron chi connectivity index (χ0n) is 31.1. The summed E-state index contributed by atoms with van der Waals surface area (Å²) in [5, 5.41) is 7.71. The lowest BCUT2D eigenvalue weighted by Gasteiger charge is -2.15. The summed E-state index contributed by atoms with van der Waals surface area (Å²) in [5.41, 5.74) is 13.5. The fraction of sp³-hybridized carbons (Fsp3) is 0.0370. The molecule has 57 heavy (non-hydrogen) atoms. The van der Waals surface area contributed by atoms with Gasteiger partial charge in [-0.15, -0.1) is 11.3 Å². The second-order valence-corrected chi connectivity index (χ2v) is 16.4. The molecule has 0 bridgehead atoms. The fourth-order valence-corrected chi connectivity index (χ4v) is 10.4. The molecule has 3 heterocycles. The van der Waals surface area contributed by atoms with Crippen molar-refractivity contribution in [2.45, 2.75) is 12.3 Å². The lowest BCUT2D eigenvalue weighted by atomic mass is 9.92. The number of rotatable bonds is 5. The molecule has 8 aromatic carbocycles. The van der Waals surface area contributed by atoms with Crippen molar-refractivity contribution >= 4 is 75.1 Å². The second kappa shape index (κ2) is 12.8. The predicted octanol–water partition coefficient (Wildman–Crippen LogP) is 15.2. The normalized spacial score (nSPS) is 14.3. The van der Waals surface area contributed by atoms with E-state index >= 15 is 0 Å². The van der Waals surface area contributed by atoms with E-state index in [4.69, 9.17) is 0 Å². The van der Waals surface area contributed by atoms with Gasteiger partial charge < -0.3 is 9.13 Å². The van der Waals surface area contributed by atoms with Gasteiger partial charge in [0.2, 0.25) is 0 Å². The van der Waals surface area contributed by atoms with E-state index < -0.39 is 0 Å². The first kappa shape index (κ1) is 32.3. The molecule has 3 aromatic heterocycles. The number of aromatic nitrogens is 2. The van der Waals surface area contributed by atoms with E-state index in [1.54, 1.807) is 0 Å². The minimum absolute atomic E-state index is 0.424. The van der Waals surface area contributed by atoms with Crippen LogP contribution in [0.15, 0.2) is 200 Å². The maximum Gasteiger partial charge on any atom is 0.0548 e. The second-order valence-electron chi connectivity index (χ2n) is 15.3. The number of allylic oxidation sites excluding steroid dienone is 4. The van der Waals surface area contributed by atoms with Gasteiger partial charge in [0.05, 0.1) is 22.1 Å². The van der Waals surface area contributed by atoms with Gasteiger partial charge in [0.25, 0.3) is 0 Å². The van der Waals surface area contributed by atoms with Gasteiger partial charge in [-0.25, -0.2) is 0 Å². The summed E-state index contributed by atoms with van der Waals surface area (Å²) in [6.45, 7) is 0. The Morgan fingerprint density at radius 1 is 0.386 bits per heavy atom. The van der Waals surface area contributed by atoms with E-state index in [1.165, 1.54) is 97.3 Å². The molecule has 0 N–H and O–H groups in total. The Morgan fingerprint density at radius 2 is 0.965 bits per heavy atom. The largest absolute Gasteiger partial charge is 0.309 e. The summed E-state index contributed by atoms with van der Waals surface area (Å²) < 4.78 is 7.53. The van der Waals surface area contributed by atoms with Crippen LogP contribution < -0.4 is 0 Å².